The molecule has 0 aliphatic rings. The number of thioether (sulfide) groups is 1. The third-order valence-corrected chi connectivity index (χ3v) is 3.55. The van der Waals surface area contributed by atoms with Crippen LogP contribution in [0.1, 0.15) is 5.56 Å². The van der Waals surface area contributed by atoms with Crippen molar-refractivity contribution in [3.05, 3.63) is 60.2 Å². The van der Waals surface area contributed by atoms with Gasteiger partial charge < -0.3 is 10.4 Å². The fraction of sp³-hybridized carbons (Fsp3) is 0.133. The van der Waals surface area contributed by atoms with Crippen LogP contribution in [-0.4, -0.2) is 16.8 Å². The summed E-state index contributed by atoms with van der Waals surface area (Å²) >= 11 is 1.50. The van der Waals surface area contributed by atoms with E-state index in [0.29, 0.717) is 5.75 Å². The highest BCUT2D eigenvalue weighted by Crippen LogP contribution is 2.17. The summed E-state index contributed by atoms with van der Waals surface area (Å²) in [5.74, 6) is 0.344. The molecular weight excluding hydrogens is 258 g/mol. The standard InChI is InChI=1S/C15H15NO2S/c17-10-12-6-8-13(9-7-12)16-15(18)11-19-14-4-2-1-3-5-14/h1-9,17H,10-11H2,(H,16,18). The van der Waals surface area contributed by atoms with Crippen molar-refractivity contribution in [2.24, 2.45) is 0 Å². The minimum absolute atomic E-state index is 0.0120. The van der Waals surface area contributed by atoms with Gasteiger partial charge in [0.15, 0.2) is 0 Å². The van der Waals surface area contributed by atoms with Crippen LogP contribution in [0.5, 0.6) is 0 Å². The van der Waals surface area contributed by atoms with Crippen LogP contribution in [-0.2, 0) is 11.4 Å². The molecule has 3 nitrogen and oxygen atoms in total. The van der Waals surface area contributed by atoms with Crippen molar-refractivity contribution in [3.63, 3.8) is 0 Å². The fourth-order valence-electron chi connectivity index (χ4n) is 1.56. The molecule has 19 heavy (non-hydrogen) atoms. The second kappa shape index (κ2) is 6.97. The molecule has 0 aliphatic heterocycles. The molecule has 0 atom stereocenters. The number of hydrogen-bond acceptors (Lipinski definition) is 3. The molecule has 2 aromatic carbocycles. The van der Waals surface area contributed by atoms with Gasteiger partial charge in [0.1, 0.15) is 0 Å². The molecule has 98 valence electrons. The number of anilines is 1. The summed E-state index contributed by atoms with van der Waals surface area (Å²) in [5, 5.41) is 11.8. The molecule has 0 heterocycles. The minimum atomic E-state index is -0.0365. The van der Waals surface area contributed by atoms with Gasteiger partial charge in [0, 0.05) is 10.6 Å². The van der Waals surface area contributed by atoms with Crippen molar-refractivity contribution in [3.8, 4) is 0 Å². The SMILES string of the molecule is O=C(CSc1ccccc1)Nc1ccc(CO)cc1. The number of aliphatic hydroxyl groups excluding tert-OH is 1. The first-order chi connectivity index (χ1) is 9.28. The van der Waals surface area contributed by atoms with Crippen molar-refractivity contribution in [2.75, 3.05) is 11.1 Å². The van der Waals surface area contributed by atoms with Crippen molar-refractivity contribution in [2.45, 2.75) is 11.5 Å². The van der Waals surface area contributed by atoms with Crippen LogP contribution in [0.15, 0.2) is 59.5 Å². The highest BCUT2D eigenvalue weighted by atomic mass is 32.2. The van der Waals surface area contributed by atoms with Gasteiger partial charge in [-0.15, -0.1) is 11.8 Å². The van der Waals surface area contributed by atoms with Gasteiger partial charge in [-0.25, -0.2) is 0 Å². The largest absolute Gasteiger partial charge is 0.392 e. The molecule has 2 N–H and O–H groups in total. The Morgan fingerprint density at radius 2 is 1.74 bits per heavy atom. The number of hydrogen-bond donors (Lipinski definition) is 2. The molecule has 0 radical (unpaired) electrons. The Kier molecular flexibility index (Phi) is 5.01. The summed E-state index contributed by atoms with van der Waals surface area (Å²) < 4.78 is 0. The zero-order valence-corrected chi connectivity index (χ0v) is 11.2. The molecule has 0 spiro atoms. The molecular formula is C15H15NO2S. The zero-order valence-electron chi connectivity index (χ0n) is 10.4. The first-order valence-electron chi connectivity index (χ1n) is 5.95. The maximum atomic E-state index is 11.8. The highest BCUT2D eigenvalue weighted by molar-refractivity contribution is 8.00. The molecule has 0 unspecified atom stereocenters. The molecule has 0 aliphatic carbocycles. The maximum Gasteiger partial charge on any atom is 0.234 e. The van der Waals surface area contributed by atoms with Gasteiger partial charge in [-0.2, -0.15) is 0 Å². The van der Waals surface area contributed by atoms with Crippen LogP contribution < -0.4 is 5.32 Å². The monoisotopic (exact) mass is 273 g/mol. The quantitative estimate of drug-likeness (QED) is 0.824. The van der Waals surface area contributed by atoms with Crippen molar-refractivity contribution in [1.29, 1.82) is 0 Å². The number of benzene rings is 2. The molecule has 2 aromatic rings. The van der Waals surface area contributed by atoms with Crippen LogP contribution >= 0.6 is 11.8 Å². The van der Waals surface area contributed by atoms with E-state index in [1.165, 1.54) is 11.8 Å². The third kappa shape index (κ3) is 4.43. The lowest BCUT2D eigenvalue weighted by Gasteiger charge is -2.05. The topological polar surface area (TPSA) is 49.3 Å². The number of amides is 1. The predicted octanol–water partition coefficient (Wildman–Crippen LogP) is 2.91. The lowest BCUT2D eigenvalue weighted by atomic mass is 10.2. The van der Waals surface area contributed by atoms with Crippen LogP contribution in [0.4, 0.5) is 5.69 Å². The van der Waals surface area contributed by atoms with Gasteiger partial charge in [0.25, 0.3) is 0 Å². The first-order valence-corrected chi connectivity index (χ1v) is 6.94. The van der Waals surface area contributed by atoms with Crippen molar-refractivity contribution < 1.29 is 9.90 Å². The van der Waals surface area contributed by atoms with Gasteiger partial charge in [-0.1, -0.05) is 30.3 Å². The van der Waals surface area contributed by atoms with E-state index in [4.69, 9.17) is 5.11 Å². The van der Waals surface area contributed by atoms with E-state index in [0.717, 1.165) is 16.1 Å². The molecule has 1 amide bonds. The van der Waals surface area contributed by atoms with Crippen molar-refractivity contribution >= 4 is 23.4 Å². The maximum absolute atomic E-state index is 11.8. The van der Waals surface area contributed by atoms with E-state index in [2.05, 4.69) is 5.32 Å². The lowest BCUT2D eigenvalue weighted by molar-refractivity contribution is -0.113. The predicted molar refractivity (Wildman–Crippen MR) is 78.2 cm³/mol. The second-order valence-corrected chi connectivity index (χ2v) is 5.05. The fourth-order valence-corrected chi connectivity index (χ4v) is 2.28. The normalized spacial score (nSPS) is 10.2. The summed E-state index contributed by atoms with van der Waals surface area (Å²) in [5.41, 5.74) is 1.58. The lowest BCUT2D eigenvalue weighted by Crippen LogP contribution is -2.13. The van der Waals surface area contributed by atoms with Crippen LogP contribution in [0.25, 0.3) is 0 Å². The number of carbonyl (C=O) groups is 1. The molecule has 0 saturated heterocycles. The van der Waals surface area contributed by atoms with Crippen LogP contribution in [0, 0.1) is 0 Å². The minimum Gasteiger partial charge on any atom is -0.392 e. The van der Waals surface area contributed by atoms with E-state index in [-0.39, 0.29) is 12.5 Å². The number of carbonyl (C=O) groups excluding carboxylic acids is 1. The van der Waals surface area contributed by atoms with E-state index < -0.39 is 0 Å². The van der Waals surface area contributed by atoms with E-state index in [9.17, 15) is 4.79 Å². The average Bonchev–Trinajstić information content (AvgIpc) is 2.47. The van der Waals surface area contributed by atoms with E-state index in [1.54, 1.807) is 24.3 Å². The average molecular weight is 273 g/mol. The molecule has 0 fully saturated rings. The van der Waals surface area contributed by atoms with Gasteiger partial charge in [-0.3, -0.25) is 4.79 Å². The Labute approximate surface area is 116 Å². The van der Waals surface area contributed by atoms with E-state index in [1.807, 2.05) is 30.3 Å². The summed E-state index contributed by atoms with van der Waals surface area (Å²) in [6, 6.07) is 17.0. The molecule has 0 bridgehead atoms. The third-order valence-electron chi connectivity index (χ3n) is 2.53. The summed E-state index contributed by atoms with van der Waals surface area (Å²) in [6.07, 6.45) is 0. The Bertz CT molecular complexity index is 526. The Balaban J connectivity index is 1.83. The molecule has 0 saturated carbocycles. The van der Waals surface area contributed by atoms with E-state index >= 15 is 0 Å². The summed E-state index contributed by atoms with van der Waals surface area (Å²) in [6.45, 7) is 0.0120. The zero-order chi connectivity index (χ0) is 13.5. The van der Waals surface area contributed by atoms with Crippen molar-refractivity contribution in [1.82, 2.24) is 0 Å². The summed E-state index contributed by atoms with van der Waals surface area (Å²) in [7, 11) is 0. The van der Waals surface area contributed by atoms with Gasteiger partial charge in [0.2, 0.25) is 5.91 Å². The van der Waals surface area contributed by atoms with Crippen LogP contribution in [0.3, 0.4) is 0 Å². The van der Waals surface area contributed by atoms with Gasteiger partial charge in [0.05, 0.1) is 12.4 Å². The molecule has 4 heteroatoms. The number of aliphatic hydroxyl groups is 1. The highest BCUT2D eigenvalue weighted by Gasteiger charge is 2.03. The first kappa shape index (κ1) is 13.6. The van der Waals surface area contributed by atoms with Gasteiger partial charge >= 0.3 is 0 Å². The second-order valence-electron chi connectivity index (χ2n) is 4.00. The Hall–Kier alpha value is -1.78. The Morgan fingerprint density at radius 3 is 2.37 bits per heavy atom. The van der Waals surface area contributed by atoms with Gasteiger partial charge in [-0.05, 0) is 29.8 Å². The summed E-state index contributed by atoms with van der Waals surface area (Å²) in [4.78, 5) is 12.8. The Morgan fingerprint density at radius 1 is 1.05 bits per heavy atom. The molecule has 0 aromatic heterocycles. The smallest absolute Gasteiger partial charge is 0.234 e. The number of rotatable bonds is 5. The molecule has 2 rings (SSSR count). The number of nitrogens with one attached hydrogen (secondary N) is 1. The van der Waals surface area contributed by atoms with Crippen LogP contribution in [0.2, 0.25) is 0 Å².